The SMILES string of the molecule is O=c1oc(-c2ccccc2)nc2scc(-c3ccccc3)c12. The van der Waals surface area contributed by atoms with Crippen molar-refractivity contribution in [2.45, 2.75) is 0 Å². The van der Waals surface area contributed by atoms with Gasteiger partial charge in [0.15, 0.2) is 0 Å². The van der Waals surface area contributed by atoms with Gasteiger partial charge in [-0.3, -0.25) is 0 Å². The summed E-state index contributed by atoms with van der Waals surface area (Å²) in [7, 11) is 0. The Hall–Kier alpha value is -2.72. The first kappa shape index (κ1) is 13.0. The van der Waals surface area contributed by atoms with E-state index in [-0.39, 0.29) is 5.63 Å². The highest BCUT2D eigenvalue weighted by atomic mass is 32.1. The van der Waals surface area contributed by atoms with Gasteiger partial charge in [0, 0.05) is 16.5 Å². The zero-order chi connectivity index (χ0) is 14.9. The lowest BCUT2D eigenvalue weighted by molar-refractivity contribution is 0.519. The molecule has 22 heavy (non-hydrogen) atoms. The van der Waals surface area contributed by atoms with Crippen molar-refractivity contribution in [1.29, 1.82) is 0 Å². The predicted molar refractivity (Wildman–Crippen MR) is 89.0 cm³/mol. The van der Waals surface area contributed by atoms with Crippen LogP contribution in [0.4, 0.5) is 0 Å². The van der Waals surface area contributed by atoms with E-state index < -0.39 is 0 Å². The molecule has 0 fully saturated rings. The average molecular weight is 305 g/mol. The molecule has 0 saturated heterocycles. The van der Waals surface area contributed by atoms with Crippen LogP contribution < -0.4 is 5.63 Å². The van der Waals surface area contributed by atoms with Crippen LogP contribution in [0.5, 0.6) is 0 Å². The minimum absolute atomic E-state index is 0.344. The van der Waals surface area contributed by atoms with Crippen molar-refractivity contribution in [3.8, 4) is 22.6 Å². The number of aromatic nitrogens is 1. The zero-order valence-electron chi connectivity index (χ0n) is 11.5. The largest absolute Gasteiger partial charge is 0.403 e. The first-order valence-electron chi connectivity index (χ1n) is 6.86. The molecule has 0 saturated carbocycles. The van der Waals surface area contributed by atoms with E-state index in [1.807, 2.05) is 66.0 Å². The van der Waals surface area contributed by atoms with Gasteiger partial charge in [0.2, 0.25) is 5.89 Å². The van der Waals surface area contributed by atoms with Crippen LogP contribution >= 0.6 is 11.3 Å². The van der Waals surface area contributed by atoms with E-state index in [0.717, 1.165) is 16.7 Å². The Morgan fingerprint density at radius 2 is 1.50 bits per heavy atom. The Morgan fingerprint density at radius 3 is 2.18 bits per heavy atom. The number of hydrogen-bond acceptors (Lipinski definition) is 4. The van der Waals surface area contributed by atoms with E-state index in [4.69, 9.17) is 4.42 Å². The third kappa shape index (κ3) is 2.14. The predicted octanol–water partition coefficient (Wildman–Crippen LogP) is 4.58. The van der Waals surface area contributed by atoms with Gasteiger partial charge in [-0.25, -0.2) is 9.78 Å². The van der Waals surface area contributed by atoms with Crippen molar-refractivity contribution < 1.29 is 4.42 Å². The van der Waals surface area contributed by atoms with Gasteiger partial charge >= 0.3 is 5.63 Å². The number of benzene rings is 2. The van der Waals surface area contributed by atoms with Gasteiger partial charge in [-0.2, -0.15) is 0 Å². The standard InChI is InChI=1S/C18H11NO2S/c20-18-15-14(12-7-3-1-4-8-12)11-22-17(15)19-16(21-18)13-9-5-2-6-10-13/h1-11H. The van der Waals surface area contributed by atoms with Crippen molar-refractivity contribution in [2.75, 3.05) is 0 Å². The summed E-state index contributed by atoms with van der Waals surface area (Å²) >= 11 is 1.46. The molecule has 4 aromatic rings. The maximum atomic E-state index is 12.4. The second kappa shape index (κ2) is 5.24. The summed E-state index contributed by atoms with van der Waals surface area (Å²) in [6.45, 7) is 0. The number of fused-ring (bicyclic) bond motifs is 1. The smallest absolute Gasteiger partial charge is 0.348 e. The molecule has 0 N–H and O–H groups in total. The van der Waals surface area contributed by atoms with Crippen LogP contribution in [0.2, 0.25) is 0 Å². The molecule has 2 aromatic heterocycles. The summed E-state index contributed by atoms with van der Waals surface area (Å²) in [5.74, 6) is 0.361. The minimum Gasteiger partial charge on any atom is -0.403 e. The lowest BCUT2D eigenvalue weighted by Crippen LogP contribution is -2.02. The molecule has 0 unspecified atom stereocenters. The van der Waals surface area contributed by atoms with Crippen molar-refractivity contribution in [1.82, 2.24) is 4.98 Å². The van der Waals surface area contributed by atoms with E-state index >= 15 is 0 Å². The minimum atomic E-state index is -0.344. The molecular formula is C18H11NO2S. The highest BCUT2D eigenvalue weighted by molar-refractivity contribution is 7.17. The van der Waals surface area contributed by atoms with Crippen LogP contribution in [0, 0.1) is 0 Å². The van der Waals surface area contributed by atoms with E-state index in [9.17, 15) is 4.79 Å². The molecule has 2 aromatic carbocycles. The summed E-state index contributed by atoms with van der Waals surface area (Å²) in [5, 5.41) is 2.51. The monoisotopic (exact) mass is 305 g/mol. The molecule has 4 heteroatoms. The van der Waals surface area contributed by atoms with E-state index in [2.05, 4.69) is 4.98 Å². The van der Waals surface area contributed by atoms with Gasteiger partial charge in [-0.1, -0.05) is 48.5 Å². The van der Waals surface area contributed by atoms with Crippen molar-refractivity contribution in [3.05, 3.63) is 76.5 Å². The topological polar surface area (TPSA) is 43.1 Å². The van der Waals surface area contributed by atoms with Crippen molar-refractivity contribution >= 4 is 21.6 Å². The number of hydrogen-bond donors (Lipinski definition) is 0. The highest BCUT2D eigenvalue weighted by Crippen LogP contribution is 2.31. The third-order valence-corrected chi connectivity index (χ3v) is 4.35. The summed E-state index contributed by atoms with van der Waals surface area (Å²) in [6, 6.07) is 19.3. The molecule has 4 rings (SSSR count). The van der Waals surface area contributed by atoms with Crippen molar-refractivity contribution in [3.63, 3.8) is 0 Å². The summed E-state index contributed by atoms with van der Waals surface area (Å²) in [4.78, 5) is 17.6. The first-order chi connectivity index (χ1) is 10.8. The Kier molecular flexibility index (Phi) is 3.09. The summed E-state index contributed by atoms with van der Waals surface area (Å²) in [5.41, 5.74) is 2.33. The number of rotatable bonds is 2. The highest BCUT2D eigenvalue weighted by Gasteiger charge is 2.15. The van der Waals surface area contributed by atoms with Crippen LogP contribution in [-0.2, 0) is 0 Å². The Labute approximate surface area is 130 Å². The van der Waals surface area contributed by atoms with Crippen LogP contribution in [0.1, 0.15) is 0 Å². The molecule has 0 aliphatic heterocycles. The summed E-state index contributed by atoms with van der Waals surface area (Å²) < 4.78 is 5.44. The molecule has 2 heterocycles. The second-order valence-electron chi connectivity index (χ2n) is 4.87. The molecule has 0 spiro atoms. The molecule has 0 atom stereocenters. The lowest BCUT2D eigenvalue weighted by atomic mass is 10.1. The normalized spacial score (nSPS) is 10.9. The molecule has 0 amide bonds. The molecule has 0 aliphatic carbocycles. The lowest BCUT2D eigenvalue weighted by Gasteiger charge is -2.00. The van der Waals surface area contributed by atoms with E-state index in [0.29, 0.717) is 16.1 Å². The van der Waals surface area contributed by atoms with Gasteiger partial charge in [0.1, 0.15) is 10.2 Å². The summed E-state index contributed by atoms with van der Waals surface area (Å²) in [6.07, 6.45) is 0. The zero-order valence-corrected chi connectivity index (χ0v) is 12.3. The van der Waals surface area contributed by atoms with Crippen LogP contribution in [0.15, 0.2) is 75.3 Å². The molecule has 0 radical (unpaired) electrons. The Bertz CT molecular complexity index is 988. The van der Waals surface area contributed by atoms with Gasteiger partial charge in [0.25, 0.3) is 0 Å². The molecular weight excluding hydrogens is 294 g/mol. The first-order valence-corrected chi connectivity index (χ1v) is 7.74. The number of nitrogens with zero attached hydrogens (tertiary/aromatic N) is 1. The molecule has 106 valence electrons. The fourth-order valence-corrected chi connectivity index (χ4v) is 3.35. The third-order valence-electron chi connectivity index (χ3n) is 3.47. The Balaban J connectivity index is 1.94. The van der Waals surface area contributed by atoms with Crippen LogP contribution in [-0.4, -0.2) is 4.98 Å². The van der Waals surface area contributed by atoms with Crippen LogP contribution in [0.3, 0.4) is 0 Å². The quantitative estimate of drug-likeness (QED) is 0.544. The van der Waals surface area contributed by atoms with Crippen molar-refractivity contribution in [2.24, 2.45) is 0 Å². The maximum Gasteiger partial charge on any atom is 0.348 e. The van der Waals surface area contributed by atoms with E-state index in [1.165, 1.54) is 11.3 Å². The fourth-order valence-electron chi connectivity index (χ4n) is 2.42. The van der Waals surface area contributed by atoms with Gasteiger partial charge in [-0.15, -0.1) is 11.3 Å². The molecule has 3 nitrogen and oxygen atoms in total. The maximum absolute atomic E-state index is 12.4. The van der Waals surface area contributed by atoms with Gasteiger partial charge in [-0.05, 0) is 17.7 Å². The molecule has 0 bridgehead atoms. The van der Waals surface area contributed by atoms with Crippen LogP contribution in [0.25, 0.3) is 32.8 Å². The average Bonchev–Trinajstić information content (AvgIpc) is 3.01. The Morgan fingerprint density at radius 1 is 0.864 bits per heavy atom. The van der Waals surface area contributed by atoms with Gasteiger partial charge < -0.3 is 4.42 Å². The molecule has 0 aliphatic rings. The fraction of sp³-hybridized carbons (Fsp3) is 0. The van der Waals surface area contributed by atoms with Gasteiger partial charge in [0.05, 0.1) is 0 Å². The second-order valence-corrected chi connectivity index (χ2v) is 5.73. The van der Waals surface area contributed by atoms with E-state index in [1.54, 1.807) is 0 Å². The number of thiophene rings is 1.